The number of hydrogen-bond donors (Lipinski definition) is 2. The van der Waals surface area contributed by atoms with E-state index >= 15 is 0 Å². The minimum absolute atomic E-state index is 0.392. The van der Waals surface area contributed by atoms with Gasteiger partial charge in [-0.25, -0.2) is 9.67 Å². The van der Waals surface area contributed by atoms with Gasteiger partial charge in [0.05, 0.1) is 6.54 Å². The van der Waals surface area contributed by atoms with E-state index in [1.165, 1.54) is 38.5 Å². The highest BCUT2D eigenvalue weighted by atomic mass is 15.4. The molecule has 6 nitrogen and oxygen atoms in total. The Morgan fingerprint density at radius 1 is 1.25 bits per heavy atom. The van der Waals surface area contributed by atoms with Crippen molar-refractivity contribution in [3.63, 3.8) is 0 Å². The van der Waals surface area contributed by atoms with Crippen LogP contribution in [0.1, 0.15) is 57.7 Å². The zero-order valence-corrected chi connectivity index (χ0v) is 14.7. The van der Waals surface area contributed by atoms with Crippen LogP contribution < -0.4 is 10.6 Å². The summed E-state index contributed by atoms with van der Waals surface area (Å²) in [5.41, 5.74) is 0. The molecule has 3 aliphatic rings. The van der Waals surface area contributed by atoms with Gasteiger partial charge in [0.1, 0.15) is 12.2 Å². The average molecular weight is 330 g/mol. The highest BCUT2D eigenvalue weighted by Crippen LogP contribution is 2.44. The number of aromatic nitrogens is 3. The second-order valence-corrected chi connectivity index (χ2v) is 7.61. The van der Waals surface area contributed by atoms with Crippen molar-refractivity contribution in [2.45, 2.75) is 76.9 Å². The van der Waals surface area contributed by atoms with E-state index in [0.717, 1.165) is 49.6 Å². The molecule has 0 aromatic carbocycles. The minimum Gasteiger partial charge on any atom is -0.353 e. The maximum atomic E-state index is 4.67. The number of hydrogen-bond acceptors (Lipinski definition) is 3. The summed E-state index contributed by atoms with van der Waals surface area (Å²) in [5.74, 6) is 3.93. The second kappa shape index (κ2) is 7.11. The van der Waals surface area contributed by atoms with Crippen LogP contribution in [0.15, 0.2) is 11.3 Å². The van der Waals surface area contributed by atoms with Gasteiger partial charge in [-0.05, 0) is 31.6 Å². The third-order valence-corrected chi connectivity index (χ3v) is 5.88. The molecule has 1 aromatic heterocycles. The van der Waals surface area contributed by atoms with Crippen molar-refractivity contribution >= 4 is 5.96 Å². The summed E-state index contributed by atoms with van der Waals surface area (Å²) in [6.07, 6.45) is 12.3. The van der Waals surface area contributed by atoms with Gasteiger partial charge in [-0.15, -0.1) is 0 Å². The number of aliphatic imine (C=N–C) groups is 1. The molecular formula is C18H30N6. The summed E-state index contributed by atoms with van der Waals surface area (Å²) >= 11 is 0. The molecule has 2 saturated carbocycles. The van der Waals surface area contributed by atoms with Crippen LogP contribution in [-0.4, -0.2) is 39.4 Å². The molecular weight excluding hydrogens is 300 g/mol. The van der Waals surface area contributed by atoms with Gasteiger partial charge in [0.15, 0.2) is 5.96 Å². The van der Waals surface area contributed by atoms with E-state index in [4.69, 9.17) is 0 Å². The third-order valence-electron chi connectivity index (χ3n) is 5.88. The van der Waals surface area contributed by atoms with Crippen LogP contribution in [0.2, 0.25) is 0 Å². The van der Waals surface area contributed by atoms with Crippen molar-refractivity contribution < 1.29 is 0 Å². The number of nitrogens with zero attached hydrogens (tertiary/aromatic N) is 4. The second-order valence-electron chi connectivity index (χ2n) is 7.61. The number of nitrogens with one attached hydrogen (secondary N) is 2. The zero-order chi connectivity index (χ0) is 16.4. The van der Waals surface area contributed by atoms with Crippen LogP contribution in [0.3, 0.4) is 0 Å². The van der Waals surface area contributed by atoms with Gasteiger partial charge < -0.3 is 10.6 Å². The zero-order valence-electron chi connectivity index (χ0n) is 14.7. The first-order valence-corrected chi connectivity index (χ1v) is 9.77. The Kier molecular flexibility index (Phi) is 4.72. The number of fused-ring (bicyclic) bond motifs is 1. The highest BCUT2D eigenvalue weighted by Gasteiger charge is 2.43. The van der Waals surface area contributed by atoms with E-state index in [-0.39, 0.29) is 0 Å². The predicted octanol–water partition coefficient (Wildman–Crippen LogP) is 2.12. The molecule has 2 N–H and O–H groups in total. The quantitative estimate of drug-likeness (QED) is 0.655. The van der Waals surface area contributed by atoms with E-state index in [1.807, 2.05) is 4.68 Å². The smallest absolute Gasteiger partial charge is 0.191 e. The average Bonchev–Trinajstić information content (AvgIpc) is 3.21. The molecule has 6 heteroatoms. The van der Waals surface area contributed by atoms with E-state index in [9.17, 15) is 0 Å². The van der Waals surface area contributed by atoms with Gasteiger partial charge in [-0.2, -0.15) is 5.10 Å². The van der Waals surface area contributed by atoms with Crippen LogP contribution in [0.25, 0.3) is 0 Å². The first kappa shape index (κ1) is 15.9. The minimum atomic E-state index is 0.392. The van der Waals surface area contributed by atoms with Crippen LogP contribution in [-0.2, 0) is 13.0 Å². The Hall–Kier alpha value is -1.59. The molecule has 132 valence electrons. The highest BCUT2D eigenvalue weighted by molar-refractivity contribution is 5.80. The fourth-order valence-corrected chi connectivity index (χ4v) is 4.48. The van der Waals surface area contributed by atoms with E-state index in [0.29, 0.717) is 12.1 Å². The van der Waals surface area contributed by atoms with Crippen LogP contribution >= 0.6 is 0 Å². The molecule has 3 unspecified atom stereocenters. The maximum absolute atomic E-state index is 4.67. The molecule has 24 heavy (non-hydrogen) atoms. The molecule has 2 aliphatic carbocycles. The number of rotatable bonds is 4. The fourth-order valence-electron chi connectivity index (χ4n) is 4.48. The first-order valence-electron chi connectivity index (χ1n) is 9.77. The topological polar surface area (TPSA) is 67.1 Å². The molecule has 0 saturated heterocycles. The molecule has 2 fully saturated rings. The monoisotopic (exact) mass is 330 g/mol. The molecule has 0 bridgehead atoms. The largest absolute Gasteiger partial charge is 0.353 e. The first-order chi connectivity index (χ1) is 11.8. The van der Waals surface area contributed by atoms with Crippen LogP contribution in [0.4, 0.5) is 0 Å². The molecule has 0 spiro atoms. The molecule has 3 atom stereocenters. The van der Waals surface area contributed by atoms with Crippen molar-refractivity contribution in [1.29, 1.82) is 0 Å². The lowest BCUT2D eigenvalue weighted by atomic mass is 9.85. The Bertz CT molecular complexity index is 574. The van der Waals surface area contributed by atoms with Crippen molar-refractivity contribution in [3.8, 4) is 0 Å². The molecule has 1 aliphatic heterocycles. The lowest BCUT2D eigenvalue weighted by molar-refractivity contribution is 0.315. The van der Waals surface area contributed by atoms with Crippen molar-refractivity contribution in [2.24, 2.45) is 16.8 Å². The van der Waals surface area contributed by atoms with Gasteiger partial charge >= 0.3 is 0 Å². The van der Waals surface area contributed by atoms with E-state index in [2.05, 4.69) is 32.6 Å². The summed E-state index contributed by atoms with van der Waals surface area (Å²) in [6, 6.07) is 1.03. The Morgan fingerprint density at radius 3 is 2.96 bits per heavy atom. The normalized spacial score (nSPS) is 30.7. The maximum Gasteiger partial charge on any atom is 0.191 e. The van der Waals surface area contributed by atoms with Gasteiger partial charge in [0, 0.05) is 25.0 Å². The summed E-state index contributed by atoms with van der Waals surface area (Å²) in [7, 11) is 0. The third kappa shape index (κ3) is 3.57. The van der Waals surface area contributed by atoms with Gasteiger partial charge in [-0.3, -0.25) is 4.99 Å². The van der Waals surface area contributed by atoms with Gasteiger partial charge in [0.25, 0.3) is 0 Å². The Labute approximate surface area is 144 Å². The number of aryl methyl sites for hydroxylation is 1. The Morgan fingerprint density at radius 2 is 2.12 bits per heavy atom. The van der Waals surface area contributed by atoms with Crippen LogP contribution in [0.5, 0.6) is 0 Å². The fraction of sp³-hybridized carbons (Fsp3) is 0.833. The van der Waals surface area contributed by atoms with Crippen molar-refractivity contribution in [3.05, 3.63) is 12.2 Å². The standard InChI is InChI=1S/C18H30N6/c1-2-19-18(22-14-8-9-17-20-12-21-24(17)11-14)23-16-10-15(16)13-6-4-3-5-7-13/h12-16H,2-11H2,1H3,(H2,19,22,23). The summed E-state index contributed by atoms with van der Waals surface area (Å²) in [5, 5.41) is 11.6. The summed E-state index contributed by atoms with van der Waals surface area (Å²) in [4.78, 5) is 8.98. The predicted molar refractivity (Wildman–Crippen MR) is 94.8 cm³/mol. The molecule has 1 aromatic rings. The molecule has 2 heterocycles. The molecule has 0 amide bonds. The van der Waals surface area contributed by atoms with E-state index in [1.54, 1.807) is 6.33 Å². The summed E-state index contributed by atoms with van der Waals surface area (Å²) in [6.45, 7) is 3.80. The van der Waals surface area contributed by atoms with E-state index < -0.39 is 0 Å². The lowest BCUT2D eigenvalue weighted by Gasteiger charge is -2.26. The Balaban J connectivity index is 1.30. The van der Waals surface area contributed by atoms with Gasteiger partial charge in [0.2, 0.25) is 0 Å². The molecule has 4 rings (SSSR count). The SMILES string of the molecule is CCN=C(NC1CCc2ncnn2C1)NC1CC1C1CCCCC1. The van der Waals surface area contributed by atoms with Crippen molar-refractivity contribution in [1.82, 2.24) is 25.4 Å². The lowest BCUT2D eigenvalue weighted by Crippen LogP contribution is -2.48. The van der Waals surface area contributed by atoms with Crippen molar-refractivity contribution in [2.75, 3.05) is 6.54 Å². The molecule has 0 radical (unpaired) electrons. The van der Waals surface area contributed by atoms with Gasteiger partial charge in [-0.1, -0.05) is 32.1 Å². The number of guanidine groups is 1. The summed E-state index contributed by atoms with van der Waals surface area (Å²) < 4.78 is 2.02. The van der Waals surface area contributed by atoms with Crippen LogP contribution in [0, 0.1) is 11.8 Å².